The van der Waals surface area contributed by atoms with Crippen molar-refractivity contribution in [3.8, 4) is 0 Å². The van der Waals surface area contributed by atoms with Gasteiger partial charge in [-0.1, -0.05) is 40.2 Å². The molecule has 6 aliphatic rings. The van der Waals surface area contributed by atoms with Gasteiger partial charge in [-0.2, -0.15) is 0 Å². The molecule has 6 rings (SSSR count). The Balaban J connectivity index is 1.27. The highest BCUT2D eigenvalue weighted by Crippen LogP contribution is 2.76. The molecule has 312 valence electrons. The Bertz CT molecular complexity index is 1350. The summed E-state index contributed by atoms with van der Waals surface area (Å²) in [6, 6.07) is 0. The maximum atomic E-state index is 12.4. The number of rotatable bonds is 11. The molecule has 2 saturated heterocycles. The number of aliphatic hydroxyl groups excluding tert-OH is 9. The normalized spacial score (nSPS) is 52.6. The topological polar surface area (TPSA) is 219 Å². The van der Waals surface area contributed by atoms with E-state index in [9.17, 15) is 46.0 Å². The Labute approximate surface area is 320 Å². The van der Waals surface area contributed by atoms with Crippen LogP contribution >= 0.6 is 0 Å². The Hall–Kier alpha value is -0.780. The molecule has 2 aliphatic heterocycles. The summed E-state index contributed by atoms with van der Waals surface area (Å²) < 4.78 is 24.1. The minimum absolute atomic E-state index is 0.111. The highest BCUT2D eigenvalue weighted by atomic mass is 16.7. The zero-order valence-electron chi connectivity index (χ0n) is 33.4. The van der Waals surface area contributed by atoms with Crippen molar-refractivity contribution in [3.63, 3.8) is 0 Å². The van der Waals surface area contributed by atoms with Crippen molar-refractivity contribution in [2.45, 2.75) is 185 Å². The molecule has 13 nitrogen and oxygen atoms in total. The van der Waals surface area contributed by atoms with E-state index in [1.54, 1.807) is 0 Å². The van der Waals surface area contributed by atoms with Gasteiger partial charge in [-0.05, 0) is 117 Å². The number of allylic oxidation sites excluding steroid dienone is 1. The first kappa shape index (κ1) is 42.8. The van der Waals surface area contributed by atoms with Gasteiger partial charge in [-0.3, -0.25) is 0 Å². The fourth-order valence-corrected chi connectivity index (χ4v) is 13.3. The Morgan fingerprint density at radius 2 is 1.43 bits per heavy atom. The van der Waals surface area contributed by atoms with Crippen LogP contribution < -0.4 is 0 Å². The standard InChI is InChI=1S/C41H70O13/c1-20(2)10-9-13-41(8,54-36-33(50)31(48)30(47)25(53-36)19-51-35-32(49)29(46)24(18-42)52-35)21-11-15-39(6)28(21)22(43)16-26-38(5)14-12-27(45)37(3,4)34(38)23(44)17-40(26,39)7/h21-36,42-50H,1,9-19H2,2-8H3. The van der Waals surface area contributed by atoms with Crippen LogP contribution in [-0.2, 0) is 18.9 Å². The predicted molar refractivity (Wildman–Crippen MR) is 196 cm³/mol. The summed E-state index contributed by atoms with van der Waals surface area (Å²) in [5.41, 5.74) is -1.43. The summed E-state index contributed by atoms with van der Waals surface area (Å²) in [5.74, 6) is -0.403. The lowest BCUT2D eigenvalue weighted by molar-refractivity contribution is -0.342. The first-order valence-electron chi connectivity index (χ1n) is 20.4. The molecule has 4 saturated carbocycles. The van der Waals surface area contributed by atoms with E-state index in [0.717, 1.165) is 31.3 Å². The molecular weight excluding hydrogens is 700 g/mol. The zero-order chi connectivity index (χ0) is 39.9. The van der Waals surface area contributed by atoms with E-state index in [0.29, 0.717) is 32.1 Å². The maximum absolute atomic E-state index is 12.4. The molecule has 20 unspecified atom stereocenters. The Morgan fingerprint density at radius 3 is 2.06 bits per heavy atom. The average molecular weight is 771 g/mol. The fourth-order valence-electron chi connectivity index (χ4n) is 13.3. The van der Waals surface area contributed by atoms with Gasteiger partial charge in [0.25, 0.3) is 0 Å². The third-order valence-electron chi connectivity index (χ3n) is 16.3. The molecule has 0 aromatic rings. The van der Waals surface area contributed by atoms with Crippen LogP contribution in [0.15, 0.2) is 12.2 Å². The number of hydrogen-bond acceptors (Lipinski definition) is 13. The van der Waals surface area contributed by atoms with Gasteiger partial charge < -0.3 is 64.9 Å². The van der Waals surface area contributed by atoms with Crippen LogP contribution in [0.3, 0.4) is 0 Å². The van der Waals surface area contributed by atoms with Crippen LogP contribution in [0.25, 0.3) is 0 Å². The lowest BCUT2D eigenvalue weighted by Gasteiger charge is -2.71. The van der Waals surface area contributed by atoms with Crippen molar-refractivity contribution in [2.24, 2.45) is 45.3 Å². The van der Waals surface area contributed by atoms with Crippen molar-refractivity contribution >= 4 is 0 Å². The summed E-state index contributed by atoms with van der Waals surface area (Å²) in [6.07, 6.45) is -8.40. The molecule has 9 N–H and O–H groups in total. The quantitative estimate of drug-likeness (QED) is 0.137. The number of aliphatic hydroxyl groups is 9. The molecule has 0 radical (unpaired) electrons. The fraction of sp³-hybridized carbons (Fsp3) is 0.951. The Kier molecular flexibility index (Phi) is 12.0. The van der Waals surface area contributed by atoms with Crippen molar-refractivity contribution < 1.29 is 64.9 Å². The van der Waals surface area contributed by atoms with Crippen LogP contribution in [0, 0.1) is 45.3 Å². The minimum atomic E-state index is -1.66. The first-order valence-corrected chi connectivity index (χ1v) is 20.4. The highest BCUT2D eigenvalue weighted by molar-refractivity contribution is 5.21. The summed E-state index contributed by atoms with van der Waals surface area (Å²) >= 11 is 0. The van der Waals surface area contributed by atoms with Crippen LogP contribution in [0.2, 0.25) is 0 Å². The van der Waals surface area contributed by atoms with E-state index in [2.05, 4.69) is 41.2 Å². The lowest BCUT2D eigenvalue weighted by atomic mass is 9.34. The average Bonchev–Trinajstić information content (AvgIpc) is 3.61. The van der Waals surface area contributed by atoms with Crippen molar-refractivity contribution in [2.75, 3.05) is 13.2 Å². The third kappa shape index (κ3) is 6.76. The second-order valence-corrected chi connectivity index (χ2v) is 19.8. The van der Waals surface area contributed by atoms with Crippen molar-refractivity contribution in [1.29, 1.82) is 0 Å². The van der Waals surface area contributed by atoms with Gasteiger partial charge in [0, 0.05) is 0 Å². The molecular formula is C41H70O13. The van der Waals surface area contributed by atoms with Gasteiger partial charge in [0.2, 0.25) is 0 Å². The largest absolute Gasteiger partial charge is 0.394 e. The van der Waals surface area contributed by atoms with Crippen LogP contribution in [0.1, 0.15) is 106 Å². The molecule has 0 bridgehead atoms. The molecule has 20 atom stereocenters. The molecule has 6 fully saturated rings. The van der Waals surface area contributed by atoms with Gasteiger partial charge in [-0.15, -0.1) is 6.58 Å². The molecule has 0 spiro atoms. The summed E-state index contributed by atoms with van der Waals surface area (Å²) in [6.45, 7) is 18.1. The van der Waals surface area contributed by atoms with Crippen molar-refractivity contribution in [1.82, 2.24) is 0 Å². The molecule has 4 aliphatic carbocycles. The van der Waals surface area contributed by atoms with Gasteiger partial charge in [0.15, 0.2) is 12.6 Å². The smallest absolute Gasteiger partial charge is 0.187 e. The second kappa shape index (κ2) is 15.1. The Morgan fingerprint density at radius 1 is 0.796 bits per heavy atom. The number of fused-ring (bicyclic) bond motifs is 5. The maximum Gasteiger partial charge on any atom is 0.187 e. The minimum Gasteiger partial charge on any atom is -0.394 e. The van der Waals surface area contributed by atoms with E-state index in [1.807, 2.05) is 13.8 Å². The third-order valence-corrected chi connectivity index (χ3v) is 16.3. The van der Waals surface area contributed by atoms with E-state index in [1.165, 1.54) is 0 Å². The zero-order valence-corrected chi connectivity index (χ0v) is 33.4. The molecule has 0 aromatic carbocycles. The van der Waals surface area contributed by atoms with Gasteiger partial charge >= 0.3 is 0 Å². The van der Waals surface area contributed by atoms with Gasteiger partial charge in [-0.25, -0.2) is 0 Å². The lowest BCUT2D eigenvalue weighted by Crippen LogP contribution is -2.70. The predicted octanol–water partition coefficient (Wildman–Crippen LogP) is 1.76. The molecule has 0 amide bonds. The summed E-state index contributed by atoms with van der Waals surface area (Å²) in [7, 11) is 0. The second-order valence-electron chi connectivity index (χ2n) is 19.8. The van der Waals surface area contributed by atoms with E-state index < -0.39 is 91.2 Å². The molecule has 2 heterocycles. The van der Waals surface area contributed by atoms with E-state index in [-0.39, 0.29) is 46.5 Å². The summed E-state index contributed by atoms with van der Waals surface area (Å²) in [4.78, 5) is 0. The number of hydrogen-bond donors (Lipinski definition) is 9. The first-order chi connectivity index (χ1) is 25.1. The number of ether oxygens (including phenoxy) is 4. The monoisotopic (exact) mass is 770 g/mol. The SMILES string of the molecule is C=C(C)CCCC(C)(OC1OC(COC2OC(CO)C(O)C2O)C(O)C(O)C1O)C1CCC2(C)C1C(O)CC1C3(C)CCC(O)C(C)(C)C3C(O)CC12C. The molecule has 0 aromatic heterocycles. The molecule has 54 heavy (non-hydrogen) atoms. The summed E-state index contributed by atoms with van der Waals surface area (Å²) in [5, 5.41) is 98.8. The van der Waals surface area contributed by atoms with Gasteiger partial charge in [0.05, 0.1) is 37.1 Å². The highest BCUT2D eigenvalue weighted by Gasteiger charge is 2.73. The van der Waals surface area contributed by atoms with E-state index in [4.69, 9.17) is 18.9 Å². The van der Waals surface area contributed by atoms with Crippen LogP contribution in [-0.4, -0.2) is 138 Å². The van der Waals surface area contributed by atoms with Crippen LogP contribution in [0.4, 0.5) is 0 Å². The molecule has 13 heteroatoms. The van der Waals surface area contributed by atoms with Crippen LogP contribution in [0.5, 0.6) is 0 Å². The van der Waals surface area contributed by atoms with E-state index >= 15 is 0 Å². The van der Waals surface area contributed by atoms with Gasteiger partial charge in [0.1, 0.15) is 42.7 Å². The van der Waals surface area contributed by atoms with Crippen molar-refractivity contribution in [3.05, 3.63) is 12.2 Å².